The molecule has 0 aromatic carbocycles. The molecule has 0 radical (unpaired) electrons. The van der Waals surface area contributed by atoms with Crippen LogP contribution >= 0.6 is 11.8 Å². The van der Waals surface area contributed by atoms with Gasteiger partial charge in [-0.3, -0.25) is 5.41 Å². The minimum absolute atomic E-state index is 0.320. The Morgan fingerprint density at radius 1 is 1.55 bits per heavy atom. The van der Waals surface area contributed by atoms with Crippen LogP contribution in [0.2, 0.25) is 0 Å². The predicted octanol–water partition coefficient (Wildman–Crippen LogP) is 2.23. The smallest absolute Gasteiger partial charge is 0.0916 e. The minimum atomic E-state index is 0.320. The minimum Gasteiger partial charge on any atom is -0.388 e. The standard InChI is InChI=1S/C8H18N2S/c1-3-5-11-7(4-2)6-8(9)10/h7H,3-6H2,1-2H3,(H3,9,10). The normalized spacial score (nSPS) is 12.9. The maximum atomic E-state index is 7.13. The van der Waals surface area contributed by atoms with E-state index in [1.54, 1.807) is 0 Å². The number of nitrogens with one attached hydrogen (secondary N) is 1. The van der Waals surface area contributed by atoms with Gasteiger partial charge in [-0.05, 0) is 18.6 Å². The van der Waals surface area contributed by atoms with Crippen molar-refractivity contribution in [3.63, 3.8) is 0 Å². The number of nitrogens with two attached hydrogens (primary N) is 1. The van der Waals surface area contributed by atoms with E-state index < -0.39 is 0 Å². The van der Waals surface area contributed by atoms with Crippen LogP contribution in [-0.4, -0.2) is 16.8 Å². The summed E-state index contributed by atoms with van der Waals surface area (Å²) in [5.74, 6) is 1.51. The third-order valence-electron chi connectivity index (χ3n) is 1.46. The molecule has 0 spiro atoms. The van der Waals surface area contributed by atoms with Gasteiger partial charge in [-0.1, -0.05) is 13.8 Å². The van der Waals surface area contributed by atoms with E-state index >= 15 is 0 Å². The molecule has 0 rings (SSSR count). The molecule has 0 aromatic rings. The van der Waals surface area contributed by atoms with Gasteiger partial charge in [0.05, 0.1) is 5.84 Å². The molecule has 0 aliphatic heterocycles. The molecule has 0 saturated heterocycles. The zero-order valence-electron chi connectivity index (χ0n) is 7.39. The molecule has 0 aliphatic rings. The zero-order valence-corrected chi connectivity index (χ0v) is 8.21. The molecule has 2 nitrogen and oxygen atoms in total. The second kappa shape index (κ2) is 6.53. The summed E-state index contributed by atoms with van der Waals surface area (Å²) in [7, 11) is 0. The summed E-state index contributed by atoms with van der Waals surface area (Å²) < 4.78 is 0. The van der Waals surface area contributed by atoms with Crippen LogP contribution in [0.15, 0.2) is 0 Å². The summed E-state index contributed by atoms with van der Waals surface area (Å²) in [5, 5.41) is 7.69. The summed E-state index contributed by atoms with van der Waals surface area (Å²) >= 11 is 1.93. The Kier molecular flexibility index (Phi) is 6.42. The maximum absolute atomic E-state index is 7.13. The van der Waals surface area contributed by atoms with Crippen molar-refractivity contribution < 1.29 is 0 Å². The van der Waals surface area contributed by atoms with Gasteiger partial charge in [-0.25, -0.2) is 0 Å². The van der Waals surface area contributed by atoms with E-state index in [0.717, 1.165) is 12.8 Å². The lowest BCUT2D eigenvalue weighted by molar-refractivity contribution is 0.846. The van der Waals surface area contributed by atoms with Gasteiger partial charge in [0.1, 0.15) is 0 Å². The molecular formula is C8H18N2S. The highest BCUT2D eigenvalue weighted by Crippen LogP contribution is 2.18. The first-order valence-electron chi connectivity index (χ1n) is 4.15. The zero-order chi connectivity index (χ0) is 8.69. The molecule has 3 heteroatoms. The Balaban J connectivity index is 3.49. The average molecular weight is 174 g/mol. The summed E-state index contributed by atoms with van der Waals surface area (Å²) in [4.78, 5) is 0. The highest BCUT2D eigenvalue weighted by atomic mass is 32.2. The molecule has 0 aromatic heterocycles. The van der Waals surface area contributed by atoms with E-state index in [4.69, 9.17) is 11.1 Å². The van der Waals surface area contributed by atoms with E-state index in [2.05, 4.69) is 13.8 Å². The Labute approximate surface area is 73.4 Å². The molecule has 1 atom stereocenters. The molecule has 0 amide bonds. The van der Waals surface area contributed by atoms with Crippen LogP contribution in [0.3, 0.4) is 0 Å². The van der Waals surface area contributed by atoms with Crippen LogP contribution in [0.1, 0.15) is 33.1 Å². The third kappa shape index (κ3) is 6.23. The van der Waals surface area contributed by atoms with Crippen molar-refractivity contribution in [2.75, 3.05) is 5.75 Å². The van der Waals surface area contributed by atoms with Gasteiger partial charge >= 0.3 is 0 Å². The molecular weight excluding hydrogens is 156 g/mol. The number of hydrogen-bond donors (Lipinski definition) is 2. The largest absolute Gasteiger partial charge is 0.388 e. The van der Waals surface area contributed by atoms with Gasteiger partial charge in [-0.2, -0.15) is 11.8 Å². The number of rotatable bonds is 6. The van der Waals surface area contributed by atoms with Gasteiger partial charge in [0.25, 0.3) is 0 Å². The lowest BCUT2D eigenvalue weighted by Gasteiger charge is -2.12. The SMILES string of the molecule is CCCSC(CC)CC(=N)N. The van der Waals surface area contributed by atoms with Gasteiger partial charge in [0, 0.05) is 11.7 Å². The molecule has 0 heterocycles. The second-order valence-electron chi connectivity index (χ2n) is 2.63. The molecule has 0 bridgehead atoms. The van der Waals surface area contributed by atoms with Crippen molar-refractivity contribution in [1.29, 1.82) is 5.41 Å². The Hall–Kier alpha value is -0.180. The summed E-state index contributed by atoms with van der Waals surface area (Å²) in [5.41, 5.74) is 5.31. The topological polar surface area (TPSA) is 49.9 Å². The monoisotopic (exact) mass is 174 g/mol. The third-order valence-corrected chi connectivity index (χ3v) is 3.08. The van der Waals surface area contributed by atoms with E-state index in [-0.39, 0.29) is 0 Å². The predicted molar refractivity (Wildman–Crippen MR) is 53.4 cm³/mol. The van der Waals surface area contributed by atoms with Gasteiger partial charge in [-0.15, -0.1) is 0 Å². The first-order chi connectivity index (χ1) is 5.20. The van der Waals surface area contributed by atoms with E-state index in [9.17, 15) is 0 Å². The Morgan fingerprint density at radius 3 is 2.55 bits per heavy atom. The number of thioether (sulfide) groups is 1. The first-order valence-corrected chi connectivity index (χ1v) is 5.20. The first kappa shape index (κ1) is 10.8. The molecule has 1 unspecified atom stereocenters. The van der Waals surface area contributed by atoms with Crippen LogP contribution in [0.5, 0.6) is 0 Å². The van der Waals surface area contributed by atoms with Gasteiger partial charge in [0.2, 0.25) is 0 Å². The van der Waals surface area contributed by atoms with E-state index in [1.165, 1.54) is 12.2 Å². The molecule has 3 N–H and O–H groups in total. The highest BCUT2D eigenvalue weighted by Gasteiger charge is 2.06. The van der Waals surface area contributed by atoms with Crippen molar-refractivity contribution in [1.82, 2.24) is 0 Å². The van der Waals surface area contributed by atoms with Crippen LogP contribution in [0, 0.1) is 5.41 Å². The summed E-state index contributed by atoms with van der Waals surface area (Å²) in [6.07, 6.45) is 3.07. The fraction of sp³-hybridized carbons (Fsp3) is 0.875. The Bertz CT molecular complexity index is 115. The van der Waals surface area contributed by atoms with Crippen molar-refractivity contribution >= 4 is 17.6 Å². The fourth-order valence-corrected chi connectivity index (χ4v) is 1.95. The van der Waals surface area contributed by atoms with E-state index in [0.29, 0.717) is 11.1 Å². The highest BCUT2D eigenvalue weighted by molar-refractivity contribution is 7.99. The van der Waals surface area contributed by atoms with Crippen molar-refractivity contribution in [2.45, 2.75) is 38.4 Å². The number of amidine groups is 1. The Morgan fingerprint density at radius 2 is 2.18 bits per heavy atom. The van der Waals surface area contributed by atoms with Gasteiger partial charge in [0.15, 0.2) is 0 Å². The molecule has 66 valence electrons. The van der Waals surface area contributed by atoms with Crippen LogP contribution < -0.4 is 5.73 Å². The van der Waals surface area contributed by atoms with Crippen molar-refractivity contribution in [2.24, 2.45) is 5.73 Å². The summed E-state index contributed by atoms with van der Waals surface area (Å²) in [6.45, 7) is 4.32. The summed E-state index contributed by atoms with van der Waals surface area (Å²) in [6, 6.07) is 0. The van der Waals surface area contributed by atoms with E-state index in [1.807, 2.05) is 11.8 Å². The molecule has 11 heavy (non-hydrogen) atoms. The van der Waals surface area contributed by atoms with Gasteiger partial charge < -0.3 is 5.73 Å². The second-order valence-corrected chi connectivity index (χ2v) is 4.04. The maximum Gasteiger partial charge on any atom is 0.0916 e. The van der Waals surface area contributed by atoms with Crippen LogP contribution in [0.4, 0.5) is 0 Å². The van der Waals surface area contributed by atoms with Crippen molar-refractivity contribution in [3.8, 4) is 0 Å². The molecule has 0 saturated carbocycles. The van der Waals surface area contributed by atoms with Crippen molar-refractivity contribution in [3.05, 3.63) is 0 Å². The molecule has 0 aliphatic carbocycles. The van der Waals surface area contributed by atoms with Crippen LogP contribution in [0.25, 0.3) is 0 Å². The number of hydrogen-bond acceptors (Lipinski definition) is 2. The fourth-order valence-electron chi connectivity index (χ4n) is 0.851. The molecule has 0 fully saturated rings. The lowest BCUT2D eigenvalue weighted by Crippen LogP contribution is -2.16. The lowest BCUT2D eigenvalue weighted by atomic mass is 10.2. The quantitative estimate of drug-likeness (QED) is 0.479. The van der Waals surface area contributed by atoms with Crippen LogP contribution in [-0.2, 0) is 0 Å². The average Bonchev–Trinajstić information content (AvgIpc) is 1.97.